The highest BCUT2D eigenvalue weighted by molar-refractivity contribution is 6.04. The molecule has 2 amide bonds. The fourth-order valence-corrected chi connectivity index (χ4v) is 4.99. The first-order valence-electron chi connectivity index (χ1n) is 11.9. The van der Waals surface area contributed by atoms with E-state index in [0.717, 1.165) is 12.1 Å². The molecule has 2 fully saturated rings. The Morgan fingerprint density at radius 2 is 1.78 bits per heavy atom. The second-order valence-electron chi connectivity index (χ2n) is 9.71. The Hall–Kier alpha value is -3.57. The number of primary amides is 1. The molecular weight excluding hydrogens is 496 g/mol. The average Bonchev–Trinajstić information content (AvgIpc) is 3.19. The summed E-state index contributed by atoms with van der Waals surface area (Å²) in [6.07, 6.45) is 0.196. The molecule has 1 saturated carbocycles. The number of aromatic nitrogens is 1. The third-order valence-electron chi connectivity index (χ3n) is 6.76. The van der Waals surface area contributed by atoms with E-state index in [1.54, 1.807) is 11.8 Å². The number of nitrogens with one attached hydrogen (secondary N) is 1. The number of amides is 2. The number of nitrogens with two attached hydrogens (primary N) is 1. The quantitative estimate of drug-likeness (QED) is 0.543. The molecule has 1 aliphatic heterocycles. The summed E-state index contributed by atoms with van der Waals surface area (Å²) in [4.78, 5) is 30.8. The summed E-state index contributed by atoms with van der Waals surface area (Å²) in [7, 11) is 1.33. The molecule has 4 rings (SSSR count). The van der Waals surface area contributed by atoms with Crippen LogP contribution in [-0.4, -0.2) is 54.7 Å². The van der Waals surface area contributed by atoms with E-state index < -0.39 is 41.2 Å². The van der Waals surface area contributed by atoms with Crippen molar-refractivity contribution in [3.8, 4) is 17.0 Å². The molecule has 0 unspecified atom stereocenters. The molecule has 1 aliphatic carbocycles. The summed E-state index contributed by atoms with van der Waals surface area (Å²) in [5.41, 5.74) is 4.79. The second kappa shape index (κ2) is 10.1. The van der Waals surface area contributed by atoms with Crippen LogP contribution in [0.4, 0.5) is 28.0 Å². The van der Waals surface area contributed by atoms with Gasteiger partial charge < -0.3 is 25.4 Å². The van der Waals surface area contributed by atoms with Crippen molar-refractivity contribution >= 4 is 17.7 Å². The van der Waals surface area contributed by atoms with E-state index in [4.69, 9.17) is 15.2 Å². The van der Waals surface area contributed by atoms with Crippen molar-refractivity contribution < 1.29 is 36.6 Å². The molecular formula is C25H28F4N4O4. The van der Waals surface area contributed by atoms with Crippen molar-refractivity contribution in [3.05, 3.63) is 41.6 Å². The molecule has 12 heteroatoms. The Labute approximate surface area is 211 Å². The van der Waals surface area contributed by atoms with Crippen molar-refractivity contribution in [1.82, 2.24) is 10.3 Å². The summed E-state index contributed by atoms with van der Waals surface area (Å²) < 4.78 is 66.4. The summed E-state index contributed by atoms with van der Waals surface area (Å²) >= 11 is 0. The van der Waals surface area contributed by atoms with Crippen LogP contribution < -0.4 is 20.7 Å². The number of ether oxygens (including phenoxy) is 2. The summed E-state index contributed by atoms with van der Waals surface area (Å²) in [6, 6.07) is 2.42. The summed E-state index contributed by atoms with van der Waals surface area (Å²) in [5, 5.41) is 2.80. The highest BCUT2D eigenvalue weighted by Gasteiger charge is 2.41. The molecule has 0 bridgehead atoms. The standard InChI is InChI=1S/C25H28F4N4O4/c1-24(37-23(30)35)7-8-33(13-24)20-18(21(34)32-17-3-5-25(28,29)6-4-17)12-31-22(36-2)19(20)14-9-15(26)11-16(27)10-14/h9-12,17H,3-8,13H2,1-2H3,(H2,30,35)(H,32,34)/t24-/m0/s1. The van der Waals surface area contributed by atoms with E-state index >= 15 is 0 Å². The zero-order chi connectivity index (χ0) is 27.0. The SMILES string of the molecule is COc1ncc(C(=O)NC2CCC(F)(F)CC2)c(N2CC[C@](C)(OC(N)=O)C2)c1-c1cc(F)cc(F)c1. The van der Waals surface area contributed by atoms with Gasteiger partial charge in [-0.05, 0) is 37.5 Å². The number of hydrogen-bond acceptors (Lipinski definition) is 6. The first kappa shape index (κ1) is 26.5. The Morgan fingerprint density at radius 3 is 2.38 bits per heavy atom. The molecule has 8 nitrogen and oxygen atoms in total. The Morgan fingerprint density at radius 1 is 1.14 bits per heavy atom. The van der Waals surface area contributed by atoms with Gasteiger partial charge in [0, 0.05) is 44.1 Å². The second-order valence-corrected chi connectivity index (χ2v) is 9.71. The normalized spacial score (nSPS) is 21.5. The smallest absolute Gasteiger partial charge is 0.405 e. The number of alkyl halides is 2. The summed E-state index contributed by atoms with van der Waals surface area (Å²) in [5.74, 6) is -5.02. The molecule has 1 atom stereocenters. The van der Waals surface area contributed by atoms with Gasteiger partial charge in [-0.3, -0.25) is 4.79 Å². The van der Waals surface area contributed by atoms with Gasteiger partial charge in [-0.1, -0.05) is 0 Å². The van der Waals surface area contributed by atoms with Gasteiger partial charge in [0.2, 0.25) is 11.8 Å². The van der Waals surface area contributed by atoms with Crippen molar-refractivity contribution in [3.63, 3.8) is 0 Å². The number of anilines is 1. The summed E-state index contributed by atoms with van der Waals surface area (Å²) in [6.45, 7) is 2.10. The monoisotopic (exact) mass is 524 g/mol. The molecule has 0 spiro atoms. The van der Waals surface area contributed by atoms with Gasteiger partial charge in [-0.15, -0.1) is 0 Å². The third-order valence-corrected chi connectivity index (χ3v) is 6.76. The Balaban J connectivity index is 1.79. The minimum Gasteiger partial charge on any atom is -0.480 e. The van der Waals surface area contributed by atoms with Crippen molar-refractivity contribution in [2.75, 3.05) is 25.1 Å². The van der Waals surface area contributed by atoms with Crippen molar-refractivity contribution in [1.29, 1.82) is 0 Å². The van der Waals surface area contributed by atoms with Crippen molar-refractivity contribution in [2.24, 2.45) is 5.73 Å². The van der Waals surface area contributed by atoms with E-state index in [-0.39, 0.29) is 60.5 Å². The molecule has 0 radical (unpaired) electrons. The van der Waals surface area contributed by atoms with Crippen LogP contribution in [0.1, 0.15) is 49.4 Å². The number of rotatable bonds is 6. The number of nitrogens with zero attached hydrogens (tertiary/aromatic N) is 2. The van der Waals surface area contributed by atoms with Gasteiger partial charge in [0.05, 0.1) is 30.5 Å². The molecule has 1 aromatic heterocycles. The maximum atomic E-state index is 14.2. The van der Waals surface area contributed by atoms with E-state index in [1.165, 1.54) is 13.3 Å². The molecule has 200 valence electrons. The lowest BCUT2D eigenvalue weighted by Crippen LogP contribution is -2.41. The van der Waals surface area contributed by atoms with E-state index in [0.29, 0.717) is 19.0 Å². The number of carbonyl (C=O) groups is 2. The Bertz CT molecular complexity index is 1180. The predicted octanol–water partition coefficient (Wildman–Crippen LogP) is 4.41. The molecule has 2 aliphatic rings. The van der Waals surface area contributed by atoms with Crippen LogP contribution >= 0.6 is 0 Å². The minimum atomic E-state index is -2.76. The van der Waals surface area contributed by atoms with Crippen LogP contribution in [-0.2, 0) is 4.74 Å². The lowest BCUT2D eigenvalue weighted by atomic mass is 9.92. The largest absolute Gasteiger partial charge is 0.480 e. The van der Waals surface area contributed by atoms with E-state index in [9.17, 15) is 27.2 Å². The van der Waals surface area contributed by atoms with Crippen molar-refractivity contribution in [2.45, 2.75) is 56.6 Å². The van der Waals surface area contributed by atoms with Crippen LogP contribution in [0.2, 0.25) is 0 Å². The van der Waals surface area contributed by atoms with Crippen LogP contribution in [0.5, 0.6) is 5.88 Å². The number of hydrogen-bond donors (Lipinski definition) is 2. The number of methoxy groups -OCH3 is 1. The molecule has 2 aromatic rings. The highest BCUT2D eigenvalue weighted by Crippen LogP contribution is 2.43. The van der Waals surface area contributed by atoms with Crippen LogP contribution in [0.25, 0.3) is 11.1 Å². The van der Waals surface area contributed by atoms with E-state index in [2.05, 4.69) is 10.3 Å². The van der Waals surface area contributed by atoms with E-state index in [1.807, 2.05) is 0 Å². The number of pyridine rings is 1. The zero-order valence-corrected chi connectivity index (χ0v) is 20.5. The zero-order valence-electron chi connectivity index (χ0n) is 20.5. The lowest BCUT2D eigenvalue weighted by molar-refractivity contribution is -0.0399. The molecule has 1 aromatic carbocycles. The van der Waals surface area contributed by atoms with Crippen LogP contribution in [0.3, 0.4) is 0 Å². The first-order chi connectivity index (χ1) is 17.4. The van der Waals surface area contributed by atoms with Gasteiger partial charge in [-0.25, -0.2) is 27.3 Å². The fraction of sp³-hybridized carbons (Fsp3) is 0.480. The molecule has 37 heavy (non-hydrogen) atoms. The first-order valence-corrected chi connectivity index (χ1v) is 11.9. The Kier molecular flexibility index (Phi) is 7.20. The lowest BCUT2D eigenvalue weighted by Gasteiger charge is -2.30. The van der Waals surface area contributed by atoms with Crippen LogP contribution in [0.15, 0.2) is 24.4 Å². The van der Waals surface area contributed by atoms with Crippen LogP contribution in [0, 0.1) is 11.6 Å². The number of benzene rings is 1. The number of halogens is 4. The third kappa shape index (κ3) is 5.89. The van der Waals surface area contributed by atoms with Gasteiger partial charge in [-0.2, -0.15) is 0 Å². The van der Waals surface area contributed by atoms with Gasteiger partial charge >= 0.3 is 6.09 Å². The van der Waals surface area contributed by atoms with Gasteiger partial charge in [0.15, 0.2) is 0 Å². The topological polar surface area (TPSA) is 107 Å². The predicted molar refractivity (Wildman–Crippen MR) is 127 cm³/mol. The molecule has 2 heterocycles. The fourth-order valence-electron chi connectivity index (χ4n) is 4.99. The average molecular weight is 525 g/mol. The van der Waals surface area contributed by atoms with Gasteiger partial charge in [0.25, 0.3) is 5.91 Å². The maximum absolute atomic E-state index is 14.2. The maximum Gasteiger partial charge on any atom is 0.405 e. The van der Waals surface area contributed by atoms with Gasteiger partial charge in [0.1, 0.15) is 17.2 Å². The highest BCUT2D eigenvalue weighted by atomic mass is 19.3. The molecule has 1 saturated heterocycles. The molecule has 3 N–H and O–H groups in total. The number of carbonyl (C=O) groups excluding carboxylic acids is 2. The minimum absolute atomic E-state index is 0.0123.